The lowest BCUT2D eigenvalue weighted by Gasteiger charge is -2.09. The van der Waals surface area contributed by atoms with Crippen molar-refractivity contribution < 1.29 is 14.6 Å². The number of methoxy groups -OCH3 is 1. The molecule has 0 aliphatic carbocycles. The summed E-state index contributed by atoms with van der Waals surface area (Å²) in [5.41, 5.74) is 0.0583. The van der Waals surface area contributed by atoms with E-state index >= 15 is 0 Å². The molecule has 0 saturated carbocycles. The largest absolute Gasteiger partial charge is 0.492 e. The minimum absolute atomic E-state index is 0.0583. The van der Waals surface area contributed by atoms with E-state index in [0.29, 0.717) is 5.82 Å². The Labute approximate surface area is 91.1 Å². The molecule has 0 fully saturated rings. The fourth-order valence-electron chi connectivity index (χ4n) is 1.36. The van der Waals surface area contributed by atoms with Gasteiger partial charge in [-0.25, -0.2) is 14.5 Å². The van der Waals surface area contributed by atoms with Crippen LogP contribution in [0.3, 0.4) is 0 Å². The molecular weight excluding hydrogens is 210 g/mol. The summed E-state index contributed by atoms with van der Waals surface area (Å²) in [6, 6.07) is 3.10. The number of carboxylic acid groups (broad SMARTS) is 1. The van der Waals surface area contributed by atoms with Crippen molar-refractivity contribution in [3.63, 3.8) is 0 Å². The molecule has 2 rings (SSSR count). The average Bonchev–Trinajstić information content (AvgIpc) is 2.81. The maximum atomic E-state index is 11.0. The minimum atomic E-state index is -1.06. The normalized spacial score (nSPS) is 10.1. The Kier molecular flexibility index (Phi) is 2.55. The number of carboxylic acids is 1. The zero-order valence-corrected chi connectivity index (χ0v) is 8.49. The minimum Gasteiger partial charge on any atom is -0.492 e. The lowest BCUT2D eigenvalue weighted by molar-refractivity contribution is 0.0693. The van der Waals surface area contributed by atoms with E-state index in [4.69, 9.17) is 9.84 Å². The highest BCUT2D eigenvalue weighted by molar-refractivity contribution is 5.91. The van der Waals surface area contributed by atoms with Crippen LogP contribution in [0.2, 0.25) is 0 Å². The van der Waals surface area contributed by atoms with E-state index in [2.05, 4.69) is 10.1 Å². The number of nitrogens with zero attached hydrogens (tertiary/aromatic N) is 3. The Balaban J connectivity index is 2.62. The van der Waals surface area contributed by atoms with Crippen LogP contribution in [-0.2, 0) is 0 Å². The van der Waals surface area contributed by atoms with Gasteiger partial charge in [-0.05, 0) is 12.1 Å². The molecule has 0 aromatic carbocycles. The summed E-state index contributed by atoms with van der Waals surface area (Å²) < 4.78 is 6.51. The number of hydrogen-bond donors (Lipinski definition) is 1. The topological polar surface area (TPSA) is 77.2 Å². The van der Waals surface area contributed by atoms with Gasteiger partial charge in [0.15, 0.2) is 11.6 Å². The van der Waals surface area contributed by atoms with Crippen LogP contribution in [0, 0.1) is 0 Å². The van der Waals surface area contributed by atoms with Crippen LogP contribution in [0.1, 0.15) is 10.4 Å². The summed E-state index contributed by atoms with van der Waals surface area (Å²) in [5.74, 6) is -0.515. The van der Waals surface area contributed by atoms with Crippen LogP contribution >= 0.6 is 0 Å². The highest BCUT2D eigenvalue weighted by Gasteiger charge is 2.17. The molecule has 2 aromatic heterocycles. The molecule has 1 N–H and O–H groups in total. The van der Waals surface area contributed by atoms with Crippen LogP contribution < -0.4 is 4.74 Å². The quantitative estimate of drug-likeness (QED) is 0.832. The summed E-state index contributed by atoms with van der Waals surface area (Å²) in [5, 5.41) is 13.0. The third kappa shape index (κ3) is 1.60. The molecule has 2 aromatic rings. The molecule has 16 heavy (non-hydrogen) atoms. The van der Waals surface area contributed by atoms with Crippen molar-refractivity contribution in [3.8, 4) is 11.6 Å². The summed E-state index contributed by atoms with van der Waals surface area (Å²) >= 11 is 0. The fraction of sp³-hybridized carbons (Fsp3) is 0.100. The third-order valence-corrected chi connectivity index (χ3v) is 2.04. The van der Waals surface area contributed by atoms with Crippen LogP contribution in [0.5, 0.6) is 5.75 Å². The van der Waals surface area contributed by atoms with Gasteiger partial charge in [0.1, 0.15) is 5.56 Å². The molecule has 0 saturated heterocycles. The van der Waals surface area contributed by atoms with E-state index in [9.17, 15) is 4.79 Å². The zero-order valence-electron chi connectivity index (χ0n) is 8.49. The molecule has 0 spiro atoms. The van der Waals surface area contributed by atoms with E-state index in [1.54, 1.807) is 18.5 Å². The molecule has 0 amide bonds. The lowest BCUT2D eigenvalue weighted by atomic mass is 10.2. The highest BCUT2D eigenvalue weighted by Crippen LogP contribution is 2.24. The number of rotatable bonds is 3. The molecule has 82 valence electrons. The van der Waals surface area contributed by atoms with Gasteiger partial charge in [0.2, 0.25) is 0 Å². The molecule has 6 nitrogen and oxygen atoms in total. The maximum Gasteiger partial charge on any atom is 0.339 e. The molecule has 0 bridgehead atoms. The van der Waals surface area contributed by atoms with Crippen molar-refractivity contribution in [2.45, 2.75) is 0 Å². The number of aromatic nitrogens is 3. The first-order valence-corrected chi connectivity index (χ1v) is 4.50. The van der Waals surface area contributed by atoms with Gasteiger partial charge in [-0.15, -0.1) is 0 Å². The van der Waals surface area contributed by atoms with Gasteiger partial charge in [-0.1, -0.05) is 0 Å². The number of carbonyl (C=O) groups is 1. The van der Waals surface area contributed by atoms with Gasteiger partial charge in [-0.2, -0.15) is 5.10 Å². The van der Waals surface area contributed by atoms with Crippen molar-refractivity contribution in [2.24, 2.45) is 0 Å². The molecule has 0 atom stereocenters. The Morgan fingerprint density at radius 2 is 2.31 bits per heavy atom. The van der Waals surface area contributed by atoms with E-state index in [1.807, 2.05) is 0 Å². The second-order valence-corrected chi connectivity index (χ2v) is 2.97. The average molecular weight is 219 g/mol. The first-order chi connectivity index (χ1) is 7.74. The van der Waals surface area contributed by atoms with Crippen molar-refractivity contribution >= 4 is 5.97 Å². The Morgan fingerprint density at radius 3 is 2.88 bits per heavy atom. The Morgan fingerprint density at radius 1 is 1.50 bits per heavy atom. The SMILES string of the molecule is COc1c(C(=O)O)ccnc1-n1cccn1. The van der Waals surface area contributed by atoms with Crippen LogP contribution in [0.4, 0.5) is 0 Å². The first-order valence-electron chi connectivity index (χ1n) is 4.50. The predicted octanol–water partition coefficient (Wildman–Crippen LogP) is 0.974. The summed E-state index contributed by atoms with van der Waals surface area (Å²) in [6.45, 7) is 0. The van der Waals surface area contributed by atoms with Gasteiger partial charge in [0, 0.05) is 18.6 Å². The highest BCUT2D eigenvalue weighted by atomic mass is 16.5. The Hall–Kier alpha value is -2.37. The molecule has 2 heterocycles. The first kappa shape index (κ1) is 10.2. The second-order valence-electron chi connectivity index (χ2n) is 2.97. The van der Waals surface area contributed by atoms with Crippen molar-refractivity contribution in [1.82, 2.24) is 14.8 Å². The van der Waals surface area contributed by atoms with E-state index in [1.165, 1.54) is 24.1 Å². The van der Waals surface area contributed by atoms with Gasteiger partial charge in [0.25, 0.3) is 0 Å². The molecular formula is C10H9N3O3. The van der Waals surface area contributed by atoms with Crippen LogP contribution in [0.25, 0.3) is 5.82 Å². The number of aromatic carboxylic acids is 1. The predicted molar refractivity (Wildman–Crippen MR) is 54.9 cm³/mol. The van der Waals surface area contributed by atoms with Crippen LogP contribution in [0.15, 0.2) is 30.7 Å². The summed E-state index contributed by atoms with van der Waals surface area (Å²) in [4.78, 5) is 15.0. The Bertz CT molecular complexity index is 508. The van der Waals surface area contributed by atoms with Gasteiger partial charge < -0.3 is 9.84 Å². The van der Waals surface area contributed by atoms with E-state index in [0.717, 1.165) is 0 Å². The molecule has 0 unspecified atom stereocenters. The number of ether oxygens (including phenoxy) is 1. The molecule has 0 aliphatic heterocycles. The van der Waals surface area contributed by atoms with Crippen molar-refractivity contribution in [1.29, 1.82) is 0 Å². The van der Waals surface area contributed by atoms with Gasteiger partial charge in [0.05, 0.1) is 7.11 Å². The van der Waals surface area contributed by atoms with E-state index < -0.39 is 5.97 Å². The van der Waals surface area contributed by atoms with E-state index in [-0.39, 0.29) is 11.3 Å². The smallest absolute Gasteiger partial charge is 0.339 e. The monoisotopic (exact) mass is 219 g/mol. The number of pyridine rings is 1. The second kappa shape index (κ2) is 4.01. The maximum absolute atomic E-state index is 11.0. The fourth-order valence-corrected chi connectivity index (χ4v) is 1.36. The van der Waals surface area contributed by atoms with Crippen LogP contribution in [-0.4, -0.2) is 33.0 Å². The molecule has 0 radical (unpaired) electrons. The van der Waals surface area contributed by atoms with Crippen molar-refractivity contribution in [3.05, 3.63) is 36.3 Å². The summed E-state index contributed by atoms with van der Waals surface area (Å²) in [7, 11) is 1.40. The van der Waals surface area contributed by atoms with Crippen molar-refractivity contribution in [2.75, 3.05) is 7.11 Å². The standard InChI is InChI=1S/C10H9N3O3/c1-16-8-7(10(14)15)3-5-11-9(8)13-6-2-4-12-13/h2-6H,1H3,(H,14,15). The lowest BCUT2D eigenvalue weighted by Crippen LogP contribution is -2.07. The molecule has 0 aliphatic rings. The van der Waals surface area contributed by atoms with Gasteiger partial charge >= 0.3 is 5.97 Å². The summed E-state index contributed by atoms with van der Waals surface area (Å²) in [6.07, 6.45) is 4.65. The van der Waals surface area contributed by atoms with Gasteiger partial charge in [-0.3, -0.25) is 0 Å². The zero-order chi connectivity index (χ0) is 11.5. The third-order valence-electron chi connectivity index (χ3n) is 2.04. The number of hydrogen-bond acceptors (Lipinski definition) is 4. The molecule has 6 heteroatoms.